The molecule has 2 aromatic carbocycles. The molecule has 0 spiro atoms. The van der Waals surface area contributed by atoms with Crippen molar-refractivity contribution in [2.75, 3.05) is 0 Å². The zero-order valence-electron chi connectivity index (χ0n) is 27.0. The molecule has 6 heteroatoms. The summed E-state index contributed by atoms with van der Waals surface area (Å²) in [7, 11) is -2.08. The number of ether oxygens (including phenoxy) is 1. The Morgan fingerprint density at radius 3 is 1.36 bits per heavy atom. The first-order valence-electron chi connectivity index (χ1n) is 14.1. The van der Waals surface area contributed by atoms with Gasteiger partial charge in [-0.1, -0.05) is 72.7 Å². The Morgan fingerprint density at radius 1 is 0.667 bits per heavy atom. The maximum atomic E-state index is 13.0. The maximum Gasteiger partial charge on any atom is 0.306 e. The molecule has 0 N–H and O–H groups in total. The average Bonchev–Trinajstić information content (AvgIpc) is 2.74. The molecule has 0 fully saturated rings. The van der Waals surface area contributed by atoms with E-state index < -0.39 is 29.1 Å². The summed E-state index contributed by atoms with van der Waals surface area (Å²) < 4.78 is 18.9. The van der Waals surface area contributed by atoms with Crippen LogP contribution in [0.5, 0.6) is 11.5 Å². The number of esters is 1. The van der Waals surface area contributed by atoms with Crippen molar-refractivity contribution in [3.63, 3.8) is 0 Å². The molecule has 0 atom stereocenters. The Kier molecular flexibility index (Phi) is 10.4. The summed E-state index contributed by atoms with van der Waals surface area (Å²) in [5, 5.41) is 0. The first-order valence-corrected chi connectivity index (χ1v) is 18.9. The smallest absolute Gasteiger partial charge is 0.306 e. The molecule has 0 saturated carbocycles. The molecule has 0 aliphatic carbocycles. The summed E-state index contributed by atoms with van der Waals surface area (Å²) in [4.78, 5) is 13.0. The lowest BCUT2D eigenvalue weighted by Gasteiger charge is -2.36. The van der Waals surface area contributed by atoms with Crippen LogP contribution in [0.4, 0.5) is 0 Å². The molecule has 0 unspecified atom stereocenters. The lowest BCUT2D eigenvalue weighted by atomic mass is 9.70. The molecule has 0 aromatic heterocycles. The Morgan fingerprint density at radius 2 is 1.05 bits per heavy atom. The lowest BCUT2D eigenvalue weighted by Crippen LogP contribution is -2.31. The fourth-order valence-corrected chi connectivity index (χ4v) is 5.87. The summed E-state index contributed by atoms with van der Waals surface area (Å²) >= 11 is 0. The van der Waals surface area contributed by atoms with Gasteiger partial charge in [0.2, 0.25) is 0 Å². The summed E-state index contributed by atoms with van der Waals surface area (Å²) in [5.74, 6) is 1.61. The summed E-state index contributed by atoms with van der Waals surface area (Å²) in [6.45, 7) is 29.9. The van der Waals surface area contributed by atoms with Crippen molar-refractivity contribution in [3.8, 4) is 11.5 Å². The topological polar surface area (TPSA) is 44.8 Å². The zero-order chi connectivity index (χ0) is 30.0. The second-order valence-electron chi connectivity index (χ2n) is 14.4. The van der Waals surface area contributed by atoms with E-state index in [1.54, 1.807) is 0 Å². The fourth-order valence-electron chi connectivity index (χ4n) is 4.66. The van der Waals surface area contributed by atoms with Gasteiger partial charge in [0.25, 0.3) is 18.1 Å². The Balaban J connectivity index is 2.83. The Bertz CT molecular complexity index is 1060. The lowest BCUT2D eigenvalue weighted by molar-refractivity contribution is -0.155. The van der Waals surface area contributed by atoms with E-state index in [0.717, 1.165) is 22.6 Å². The van der Waals surface area contributed by atoms with Crippen LogP contribution in [0.25, 0.3) is 0 Å². The van der Waals surface area contributed by atoms with Crippen molar-refractivity contribution < 1.29 is 18.4 Å². The second-order valence-corrected chi connectivity index (χ2v) is 18.4. The monoisotopic (exact) mass is 568 g/mol. The van der Waals surface area contributed by atoms with E-state index in [-0.39, 0.29) is 16.8 Å². The van der Waals surface area contributed by atoms with Gasteiger partial charge in [-0.2, -0.15) is 0 Å². The first kappa shape index (κ1) is 33.2. The van der Waals surface area contributed by atoms with Crippen LogP contribution >= 0.6 is 0 Å². The van der Waals surface area contributed by atoms with Crippen LogP contribution in [0.15, 0.2) is 36.4 Å². The van der Waals surface area contributed by atoms with E-state index in [0.29, 0.717) is 12.8 Å². The number of hydrogen-bond donors (Lipinski definition) is 0. The molecule has 216 valence electrons. The molecular weight excluding hydrogens is 517 g/mol. The minimum atomic E-state index is -1.04. The highest BCUT2D eigenvalue weighted by molar-refractivity contribution is 6.49. The first-order chi connectivity index (χ1) is 17.6. The van der Waals surface area contributed by atoms with Gasteiger partial charge in [0.05, 0.1) is 0 Å². The largest absolute Gasteiger partial charge is 0.542 e. The zero-order valence-corrected chi connectivity index (χ0v) is 29.0. The molecule has 0 amide bonds. The summed E-state index contributed by atoms with van der Waals surface area (Å²) in [6.07, 6.45) is 0.865. The van der Waals surface area contributed by atoms with Crippen molar-refractivity contribution in [3.05, 3.63) is 58.7 Å². The molecule has 0 bridgehead atoms. The van der Waals surface area contributed by atoms with Crippen LogP contribution in [-0.4, -0.2) is 29.7 Å². The quantitative estimate of drug-likeness (QED) is 0.224. The molecule has 0 aliphatic rings. The maximum absolute atomic E-state index is 13.0. The van der Waals surface area contributed by atoms with E-state index in [2.05, 4.69) is 111 Å². The Labute approximate surface area is 242 Å². The van der Waals surface area contributed by atoms with Crippen LogP contribution in [0.3, 0.4) is 0 Å². The van der Waals surface area contributed by atoms with E-state index in [1.807, 2.05) is 20.8 Å². The molecule has 4 nitrogen and oxygen atoms in total. The third-order valence-electron chi connectivity index (χ3n) is 6.76. The van der Waals surface area contributed by atoms with E-state index in [9.17, 15) is 4.79 Å². The number of carbonyl (C=O) groups excluding carboxylic acids is 1. The third-order valence-corrected chi connectivity index (χ3v) is 8.02. The number of carbonyl (C=O) groups is 1. The van der Waals surface area contributed by atoms with Gasteiger partial charge in [-0.05, 0) is 87.5 Å². The van der Waals surface area contributed by atoms with E-state index >= 15 is 0 Å². The SMILES string of the molecule is C[Si](C)Oc1cc(C(C)(C)C)ccc1C(C)(CCC(=O)OC(C)(C)C)c1ccc(C(C)(C)C)cc1O[Si](C)C. The van der Waals surface area contributed by atoms with Crippen LogP contribution < -0.4 is 8.85 Å². The van der Waals surface area contributed by atoms with Gasteiger partial charge in [-0.25, -0.2) is 0 Å². The molecule has 0 heterocycles. The predicted octanol–water partition coefficient (Wildman–Crippen LogP) is 8.97. The van der Waals surface area contributed by atoms with Crippen LogP contribution in [0.1, 0.15) is 104 Å². The van der Waals surface area contributed by atoms with Crippen molar-refractivity contribution in [1.29, 1.82) is 0 Å². The second kappa shape index (κ2) is 12.2. The minimum absolute atomic E-state index is 0.0116. The van der Waals surface area contributed by atoms with Crippen LogP contribution in [0, 0.1) is 0 Å². The van der Waals surface area contributed by atoms with Crippen LogP contribution in [0.2, 0.25) is 26.2 Å². The van der Waals surface area contributed by atoms with Gasteiger partial charge in [-0.15, -0.1) is 0 Å². The summed E-state index contributed by atoms with van der Waals surface area (Å²) in [6, 6.07) is 13.3. The fraction of sp³-hybridized carbons (Fsp3) is 0.606. The molecule has 2 rings (SSSR count). The van der Waals surface area contributed by atoms with Gasteiger partial charge in [0, 0.05) is 23.0 Å². The van der Waals surface area contributed by atoms with Crippen molar-refractivity contribution in [1.82, 2.24) is 0 Å². The molecule has 0 aliphatic heterocycles. The number of rotatable bonds is 9. The van der Waals surface area contributed by atoms with Gasteiger partial charge in [0.15, 0.2) is 0 Å². The average molecular weight is 569 g/mol. The highest BCUT2D eigenvalue weighted by Crippen LogP contribution is 2.47. The van der Waals surface area contributed by atoms with Crippen molar-refractivity contribution in [2.45, 2.75) is 130 Å². The number of hydrogen-bond acceptors (Lipinski definition) is 4. The van der Waals surface area contributed by atoms with Crippen LogP contribution in [-0.2, 0) is 25.8 Å². The van der Waals surface area contributed by atoms with Gasteiger partial charge in [-0.3, -0.25) is 4.79 Å². The standard InChI is InChI=1S/C33H52O4Si2/c1-30(2,3)23-15-17-25(27(21-23)36-38(11)12)33(10,20-19-29(34)35-32(7,8)9)26-18-16-24(31(4,5)6)22-28(26)37-39(13)14/h15-18,21-22H,19-20H2,1-14H3. The van der Waals surface area contributed by atoms with E-state index in [1.165, 1.54) is 11.1 Å². The van der Waals surface area contributed by atoms with Crippen molar-refractivity contribution >= 4 is 24.0 Å². The minimum Gasteiger partial charge on any atom is -0.542 e. The number of benzene rings is 2. The Hall–Kier alpha value is -2.06. The van der Waals surface area contributed by atoms with Crippen molar-refractivity contribution in [2.24, 2.45) is 0 Å². The third kappa shape index (κ3) is 9.24. The molecule has 2 radical (unpaired) electrons. The molecular formula is C33H52O4Si2. The summed E-state index contributed by atoms with van der Waals surface area (Å²) in [5.41, 5.74) is 3.53. The van der Waals surface area contributed by atoms with Gasteiger partial charge in [0.1, 0.15) is 17.1 Å². The normalized spacial score (nSPS) is 13.1. The molecule has 39 heavy (non-hydrogen) atoms. The highest BCUT2D eigenvalue weighted by Gasteiger charge is 2.37. The predicted molar refractivity (Wildman–Crippen MR) is 168 cm³/mol. The van der Waals surface area contributed by atoms with E-state index in [4.69, 9.17) is 13.6 Å². The van der Waals surface area contributed by atoms with Gasteiger partial charge < -0.3 is 13.6 Å². The molecule has 2 aromatic rings. The highest BCUT2D eigenvalue weighted by atomic mass is 28.3. The molecule has 0 saturated heterocycles. The van der Waals surface area contributed by atoms with Gasteiger partial charge >= 0.3 is 5.97 Å².